The van der Waals surface area contributed by atoms with Gasteiger partial charge in [-0.2, -0.15) is 0 Å². The molecule has 2 amide bonds. The van der Waals surface area contributed by atoms with Crippen LogP contribution in [0.15, 0.2) is 24.3 Å². The minimum Gasteiger partial charge on any atom is -0.383 e. The van der Waals surface area contributed by atoms with Crippen molar-refractivity contribution >= 4 is 17.6 Å². The van der Waals surface area contributed by atoms with E-state index >= 15 is 0 Å². The molecule has 0 aromatic heterocycles. The molecule has 0 saturated carbocycles. The van der Waals surface area contributed by atoms with Gasteiger partial charge in [0.15, 0.2) is 0 Å². The molecule has 0 spiro atoms. The first-order valence-electron chi connectivity index (χ1n) is 7.71. The van der Waals surface area contributed by atoms with Gasteiger partial charge in [-0.15, -0.1) is 0 Å². The number of ether oxygens (including phenoxy) is 1. The van der Waals surface area contributed by atoms with E-state index < -0.39 is 0 Å². The summed E-state index contributed by atoms with van der Waals surface area (Å²) in [5.41, 5.74) is 1.14. The molecule has 2 saturated heterocycles. The van der Waals surface area contributed by atoms with Crippen LogP contribution in [0.5, 0.6) is 0 Å². The molecule has 0 bridgehead atoms. The van der Waals surface area contributed by atoms with E-state index in [0.717, 1.165) is 36.6 Å². The number of rotatable bonds is 5. The van der Waals surface area contributed by atoms with Crippen molar-refractivity contribution in [3.63, 3.8) is 0 Å². The number of carbonyl (C=O) groups is 1. The fourth-order valence-corrected chi connectivity index (χ4v) is 3.58. The van der Waals surface area contributed by atoms with Crippen LogP contribution in [0, 0.1) is 0 Å². The molecule has 0 unspecified atom stereocenters. The van der Waals surface area contributed by atoms with Crippen molar-refractivity contribution in [1.82, 2.24) is 15.1 Å². The van der Waals surface area contributed by atoms with Crippen LogP contribution in [0.4, 0.5) is 4.79 Å². The Bertz CT molecular complexity index is 540. The van der Waals surface area contributed by atoms with Crippen LogP contribution in [0.1, 0.15) is 12.0 Å². The number of halogens is 1. The van der Waals surface area contributed by atoms with E-state index in [4.69, 9.17) is 16.3 Å². The van der Waals surface area contributed by atoms with Gasteiger partial charge in [-0.1, -0.05) is 29.8 Å². The van der Waals surface area contributed by atoms with Crippen LogP contribution in [0.3, 0.4) is 0 Å². The Labute approximate surface area is 136 Å². The lowest BCUT2D eigenvalue weighted by Gasteiger charge is -2.36. The Kier molecular flexibility index (Phi) is 4.86. The number of nitrogens with one attached hydrogen (secondary N) is 1. The van der Waals surface area contributed by atoms with E-state index in [-0.39, 0.29) is 18.1 Å². The first kappa shape index (κ1) is 15.6. The molecule has 0 aliphatic carbocycles. The van der Waals surface area contributed by atoms with Gasteiger partial charge in [-0.3, -0.25) is 4.90 Å². The molecule has 2 aliphatic rings. The number of likely N-dealkylation sites (tertiary alicyclic amines) is 1. The highest BCUT2D eigenvalue weighted by Gasteiger charge is 2.42. The topological polar surface area (TPSA) is 44.8 Å². The standard InChI is InChI=1S/C16H22ClN3O2/c1-22-9-8-20-15-6-7-19(11-14(15)18-16(20)21)10-12-4-2-3-5-13(12)17/h2-5,14-15H,6-11H2,1H3,(H,18,21)/t14-,15+/m1/s1. The van der Waals surface area contributed by atoms with E-state index in [1.54, 1.807) is 7.11 Å². The van der Waals surface area contributed by atoms with Gasteiger partial charge in [-0.25, -0.2) is 4.79 Å². The van der Waals surface area contributed by atoms with Crippen molar-refractivity contribution in [2.45, 2.75) is 25.0 Å². The fraction of sp³-hybridized carbons (Fsp3) is 0.562. The Balaban J connectivity index is 1.61. The lowest BCUT2D eigenvalue weighted by Crippen LogP contribution is -2.51. The van der Waals surface area contributed by atoms with E-state index in [1.165, 1.54) is 0 Å². The molecule has 2 heterocycles. The summed E-state index contributed by atoms with van der Waals surface area (Å²) >= 11 is 6.24. The van der Waals surface area contributed by atoms with Crippen molar-refractivity contribution in [1.29, 1.82) is 0 Å². The lowest BCUT2D eigenvalue weighted by atomic mass is 9.99. The summed E-state index contributed by atoms with van der Waals surface area (Å²) in [5.74, 6) is 0. The van der Waals surface area contributed by atoms with Gasteiger partial charge < -0.3 is 15.0 Å². The molecular weight excluding hydrogens is 302 g/mol. The number of methoxy groups -OCH3 is 1. The summed E-state index contributed by atoms with van der Waals surface area (Å²) in [6.07, 6.45) is 0.984. The highest BCUT2D eigenvalue weighted by atomic mass is 35.5. The molecule has 2 fully saturated rings. The number of hydrogen-bond acceptors (Lipinski definition) is 3. The third-order valence-electron chi connectivity index (χ3n) is 4.52. The molecular formula is C16H22ClN3O2. The Hall–Kier alpha value is -1.30. The quantitative estimate of drug-likeness (QED) is 0.901. The number of fused-ring (bicyclic) bond motifs is 1. The average Bonchev–Trinajstić information content (AvgIpc) is 2.82. The largest absolute Gasteiger partial charge is 0.383 e. The second-order valence-corrected chi connectivity index (χ2v) is 6.33. The van der Waals surface area contributed by atoms with Gasteiger partial charge in [0.1, 0.15) is 0 Å². The van der Waals surface area contributed by atoms with E-state index in [9.17, 15) is 4.79 Å². The van der Waals surface area contributed by atoms with Crippen LogP contribution in [-0.2, 0) is 11.3 Å². The Morgan fingerprint density at radius 1 is 1.41 bits per heavy atom. The second-order valence-electron chi connectivity index (χ2n) is 5.92. The van der Waals surface area contributed by atoms with Gasteiger partial charge in [0.05, 0.1) is 18.7 Å². The van der Waals surface area contributed by atoms with Crippen molar-refractivity contribution in [3.05, 3.63) is 34.9 Å². The predicted octanol–water partition coefficient (Wildman–Crippen LogP) is 1.95. The van der Waals surface area contributed by atoms with E-state index in [1.807, 2.05) is 23.1 Å². The molecule has 0 radical (unpaired) electrons. The van der Waals surface area contributed by atoms with Crippen LogP contribution in [0.25, 0.3) is 0 Å². The maximum Gasteiger partial charge on any atom is 0.318 e. The normalized spacial score (nSPS) is 25.2. The zero-order valence-electron chi connectivity index (χ0n) is 12.8. The summed E-state index contributed by atoms with van der Waals surface area (Å²) in [7, 11) is 1.66. The van der Waals surface area contributed by atoms with Crippen LogP contribution in [0.2, 0.25) is 5.02 Å². The number of amides is 2. The van der Waals surface area contributed by atoms with Gasteiger partial charge >= 0.3 is 6.03 Å². The first-order chi connectivity index (χ1) is 10.7. The summed E-state index contributed by atoms with van der Waals surface area (Å²) in [6, 6.07) is 8.46. The van der Waals surface area contributed by atoms with E-state index in [2.05, 4.69) is 16.3 Å². The third-order valence-corrected chi connectivity index (χ3v) is 4.89. The zero-order valence-corrected chi connectivity index (χ0v) is 13.6. The molecule has 120 valence electrons. The molecule has 22 heavy (non-hydrogen) atoms. The summed E-state index contributed by atoms with van der Waals surface area (Å²) in [4.78, 5) is 16.4. The van der Waals surface area contributed by atoms with Crippen molar-refractivity contribution in [3.8, 4) is 0 Å². The number of nitrogens with zero attached hydrogens (tertiary/aromatic N) is 2. The Morgan fingerprint density at radius 2 is 2.23 bits per heavy atom. The summed E-state index contributed by atoms with van der Waals surface area (Å²) in [5, 5.41) is 3.91. The second kappa shape index (κ2) is 6.86. The van der Waals surface area contributed by atoms with E-state index in [0.29, 0.717) is 13.2 Å². The maximum atomic E-state index is 12.1. The van der Waals surface area contributed by atoms with Gasteiger partial charge in [0.2, 0.25) is 0 Å². The first-order valence-corrected chi connectivity index (χ1v) is 8.08. The molecule has 5 nitrogen and oxygen atoms in total. The molecule has 2 aliphatic heterocycles. The van der Waals surface area contributed by atoms with Crippen LogP contribution < -0.4 is 5.32 Å². The zero-order chi connectivity index (χ0) is 15.5. The molecule has 1 aromatic rings. The summed E-state index contributed by atoms with van der Waals surface area (Å²) < 4.78 is 5.10. The van der Waals surface area contributed by atoms with Crippen LogP contribution >= 0.6 is 11.6 Å². The SMILES string of the molecule is COCCN1C(=O)N[C@@H]2CN(Cc3ccccc3Cl)CC[C@@H]21. The molecule has 1 aromatic carbocycles. The molecule has 1 N–H and O–H groups in total. The molecule has 6 heteroatoms. The molecule has 2 atom stereocenters. The highest BCUT2D eigenvalue weighted by Crippen LogP contribution is 2.25. The minimum atomic E-state index is 0.0339. The van der Waals surface area contributed by atoms with Gasteiger partial charge in [-0.05, 0) is 18.1 Å². The fourth-order valence-electron chi connectivity index (χ4n) is 3.38. The van der Waals surface area contributed by atoms with Gasteiger partial charge in [0, 0.05) is 38.3 Å². The summed E-state index contributed by atoms with van der Waals surface area (Å²) in [6.45, 7) is 3.92. The number of benzene rings is 1. The van der Waals surface area contributed by atoms with Crippen molar-refractivity contribution in [2.24, 2.45) is 0 Å². The molecule has 3 rings (SSSR count). The van der Waals surface area contributed by atoms with Crippen molar-refractivity contribution in [2.75, 3.05) is 33.4 Å². The Morgan fingerprint density at radius 3 is 3.00 bits per heavy atom. The monoisotopic (exact) mass is 323 g/mol. The highest BCUT2D eigenvalue weighted by molar-refractivity contribution is 6.31. The average molecular weight is 324 g/mol. The minimum absolute atomic E-state index is 0.0339. The number of urea groups is 1. The number of piperidine rings is 1. The van der Waals surface area contributed by atoms with Gasteiger partial charge in [0.25, 0.3) is 0 Å². The third kappa shape index (κ3) is 3.21. The smallest absolute Gasteiger partial charge is 0.318 e. The maximum absolute atomic E-state index is 12.1. The number of carbonyl (C=O) groups excluding carboxylic acids is 1. The van der Waals surface area contributed by atoms with Crippen molar-refractivity contribution < 1.29 is 9.53 Å². The number of hydrogen-bond donors (Lipinski definition) is 1. The van der Waals surface area contributed by atoms with Crippen LogP contribution in [-0.4, -0.2) is 61.3 Å². The predicted molar refractivity (Wildman–Crippen MR) is 86.0 cm³/mol. The lowest BCUT2D eigenvalue weighted by molar-refractivity contribution is 0.111.